The minimum Gasteiger partial charge on any atom is -0.454 e. The van der Waals surface area contributed by atoms with E-state index < -0.39 is 0 Å². The lowest BCUT2D eigenvalue weighted by Gasteiger charge is -1.97. The van der Waals surface area contributed by atoms with Crippen molar-refractivity contribution in [1.29, 1.82) is 0 Å². The van der Waals surface area contributed by atoms with Gasteiger partial charge in [0.2, 0.25) is 6.79 Å². The Balaban J connectivity index is 2.33. The maximum Gasteiger partial charge on any atom is 0.231 e. The molecule has 0 aliphatic carbocycles. The van der Waals surface area contributed by atoms with E-state index in [4.69, 9.17) is 9.47 Å². The molecule has 1 aromatic rings. The summed E-state index contributed by atoms with van der Waals surface area (Å²) < 4.78 is 10.4. The maximum atomic E-state index is 10.4. The smallest absolute Gasteiger partial charge is 0.231 e. The molecule has 0 N–H and O–H groups in total. The summed E-state index contributed by atoms with van der Waals surface area (Å²) in [6.07, 6.45) is 2.62. The lowest BCUT2D eigenvalue weighted by atomic mass is 10.1. The Morgan fingerprint density at radius 2 is 2.14 bits per heavy atom. The predicted molar refractivity (Wildman–Crippen MR) is 52.3 cm³/mol. The summed E-state index contributed by atoms with van der Waals surface area (Å²) in [6, 6.07) is 5.59. The van der Waals surface area contributed by atoms with E-state index >= 15 is 0 Å². The summed E-state index contributed by atoms with van der Waals surface area (Å²) >= 11 is 0. The molecule has 0 spiro atoms. The van der Waals surface area contributed by atoms with Gasteiger partial charge in [-0.05, 0) is 36.3 Å². The Kier molecular flexibility index (Phi) is 2.23. The van der Waals surface area contributed by atoms with Gasteiger partial charge in [0.25, 0.3) is 0 Å². The average Bonchev–Trinajstić information content (AvgIpc) is 2.64. The molecule has 0 amide bonds. The Hall–Kier alpha value is -1.77. The normalized spacial score (nSPS) is 14.2. The van der Waals surface area contributed by atoms with Gasteiger partial charge < -0.3 is 9.47 Å². The number of ether oxygens (including phenoxy) is 2. The van der Waals surface area contributed by atoms with E-state index in [-0.39, 0.29) is 6.79 Å². The summed E-state index contributed by atoms with van der Waals surface area (Å²) in [5.41, 5.74) is 1.63. The van der Waals surface area contributed by atoms with Gasteiger partial charge in [0.1, 0.15) is 6.29 Å². The topological polar surface area (TPSA) is 35.5 Å². The van der Waals surface area contributed by atoms with Crippen LogP contribution in [0.3, 0.4) is 0 Å². The van der Waals surface area contributed by atoms with E-state index in [0.29, 0.717) is 5.57 Å². The van der Waals surface area contributed by atoms with Gasteiger partial charge in [-0.15, -0.1) is 0 Å². The Labute approximate surface area is 81.9 Å². The standard InChI is InChI=1S/C11H10O3/c1-8(6-12)4-9-2-3-10-11(5-9)14-7-13-10/h2-6H,7H2,1H3/b8-4+. The highest BCUT2D eigenvalue weighted by Gasteiger charge is 2.12. The zero-order valence-electron chi connectivity index (χ0n) is 7.82. The Bertz CT molecular complexity index is 394. The van der Waals surface area contributed by atoms with Crippen molar-refractivity contribution in [2.24, 2.45) is 0 Å². The van der Waals surface area contributed by atoms with Crippen LogP contribution in [-0.2, 0) is 4.79 Å². The molecular formula is C11H10O3. The number of benzene rings is 1. The molecule has 0 aromatic heterocycles. The van der Waals surface area contributed by atoms with Crippen LogP contribution in [0.15, 0.2) is 23.8 Å². The van der Waals surface area contributed by atoms with Crippen LogP contribution in [0.2, 0.25) is 0 Å². The third-order valence-corrected chi connectivity index (χ3v) is 1.98. The van der Waals surface area contributed by atoms with Crippen LogP contribution < -0.4 is 9.47 Å². The van der Waals surface area contributed by atoms with Gasteiger partial charge in [-0.25, -0.2) is 0 Å². The van der Waals surface area contributed by atoms with Crippen molar-refractivity contribution in [3.63, 3.8) is 0 Å². The molecule has 3 nitrogen and oxygen atoms in total. The Morgan fingerprint density at radius 1 is 1.36 bits per heavy atom. The number of rotatable bonds is 2. The van der Waals surface area contributed by atoms with E-state index in [2.05, 4.69) is 0 Å². The van der Waals surface area contributed by atoms with Crippen molar-refractivity contribution in [2.45, 2.75) is 6.92 Å². The third-order valence-electron chi connectivity index (χ3n) is 1.98. The van der Waals surface area contributed by atoms with Crippen LogP contribution in [0.25, 0.3) is 6.08 Å². The van der Waals surface area contributed by atoms with Crippen molar-refractivity contribution >= 4 is 12.4 Å². The first-order valence-electron chi connectivity index (χ1n) is 4.33. The molecule has 3 heteroatoms. The van der Waals surface area contributed by atoms with Crippen LogP contribution in [0.4, 0.5) is 0 Å². The average molecular weight is 190 g/mol. The number of fused-ring (bicyclic) bond motifs is 1. The Morgan fingerprint density at radius 3 is 2.93 bits per heavy atom. The number of carbonyl (C=O) groups is 1. The molecule has 1 heterocycles. The quantitative estimate of drug-likeness (QED) is 0.528. The number of hydrogen-bond donors (Lipinski definition) is 0. The molecule has 1 aromatic carbocycles. The van der Waals surface area contributed by atoms with Gasteiger partial charge in [0.05, 0.1) is 0 Å². The van der Waals surface area contributed by atoms with E-state index in [1.54, 1.807) is 13.0 Å². The second-order valence-electron chi connectivity index (χ2n) is 3.12. The molecule has 2 rings (SSSR count). The number of aldehydes is 1. The van der Waals surface area contributed by atoms with Gasteiger partial charge >= 0.3 is 0 Å². The molecule has 0 fully saturated rings. The monoisotopic (exact) mass is 190 g/mol. The maximum absolute atomic E-state index is 10.4. The van der Waals surface area contributed by atoms with E-state index in [1.165, 1.54) is 0 Å². The molecule has 1 aliphatic heterocycles. The van der Waals surface area contributed by atoms with Gasteiger partial charge in [0.15, 0.2) is 11.5 Å². The second-order valence-corrected chi connectivity index (χ2v) is 3.12. The zero-order chi connectivity index (χ0) is 9.97. The fraction of sp³-hybridized carbons (Fsp3) is 0.182. The first-order chi connectivity index (χ1) is 6.79. The van der Waals surface area contributed by atoms with E-state index in [0.717, 1.165) is 23.3 Å². The largest absolute Gasteiger partial charge is 0.454 e. The lowest BCUT2D eigenvalue weighted by molar-refractivity contribution is -0.104. The molecule has 0 radical (unpaired) electrons. The molecule has 0 saturated heterocycles. The molecule has 0 unspecified atom stereocenters. The predicted octanol–water partition coefficient (Wildman–Crippen LogP) is 2.02. The summed E-state index contributed by atoms with van der Waals surface area (Å²) in [6.45, 7) is 2.03. The highest BCUT2D eigenvalue weighted by atomic mass is 16.7. The van der Waals surface area contributed by atoms with Crippen LogP contribution in [0, 0.1) is 0 Å². The number of allylic oxidation sites excluding steroid dienone is 1. The number of hydrogen-bond acceptors (Lipinski definition) is 3. The molecule has 14 heavy (non-hydrogen) atoms. The fourth-order valence-corrected chi connectivity index (χ4v) is 1.30. The first-order valence-corrected chi connectivity index (χ1v) is 4.33. The van der Waals surface area contributed by atoms with Crippen LogP contribution >= 0.6 is 0 Å². The fourth-order valence-electron chi connectivity index (χ4n) is 1.30. The van der Waals surface area contributed by atoms with Crippen molar-refractivity contribution in [3.8, 4) is 11.5 Å². The zero-order valence-corrected chi connectivity index (χ0v) is 7.82. The highest BCUT2D eigenvalue weighted by molar-refractivity contribution is 5.81. The van der Waals surface area contributed by atoms with E-state index in [1.807, 2.05) is 18.2 Å². The van der Waals surface area contributed by atoms with Gasteiger partial charge in [0, 0.05) is 0 Å². The van der Waals surface area contributed by atoms with Crippen molar-refractivity contribution in [1.82, 2.24) is 0 Å². The van der Waals surface area contributed by atoms with Crippen LogP contribution in [0.1, 0.15) is 12.5 Å². The van der Waals surface area contributed by atoms with Gasteiger partial charge in [-0.3, -0.25) is 4.79 Å². The van der Waals surface area contributed by atoms with Crippen LogP contribution in [0.5, 0.6) is 11.5 Å². The molecular weight excluding hydrogens is 180 g/mol. The molecule has 0 saturated carbocycles. The summed E-state index contributed by atoms with van der Waals surface area (Å²) in [5.74, 6) is 1.49. The molecule has 0 bridgehead atoms. The summed E-state index contributed by atoms with van der Waals surface area (Å²) in [4.78, 5) is 10.4. The molecule has 0 atom stereocenters. The van der Waals surface area contributed by atoms with Crippen molar-refractivity contribution < 1.29 is 14.3 Å². The van der Waals surface area contributed by atoms with Crippen LogP contribution in [-0.4, -0.2) is 13.1 Å². The van der Waals surface area contributed by atoms with Gasteiger partial charge in [-0.2, -0.15) is 0 Å². The summed E-state index contributed by atoms with van der Waals surface area (Å²) in [5, 5.41) is 0. The summed E-state index contributed by atoms with van der Waals surface area (Å²) in [7, 11) is 0. The van der Waals surface area contributed by atoms with Gasteiger partial charge in [-0.1, -0.05) is 6.07 Å². The SMILES string of the molecule is C/C(C=O)=C\c1ccc2c(c1)OCO2. The highest BCUT2D eigenvalue weighted by Crippen LogP contribution is 2.32. The minimum absolute atomic E-state index is 0.273. The van der Waals surface area contributed by atoms with Crippen molar-refractivity contribution in [2.75, 3.05) is 6.79 Å². The third kappa shape index (κ3) is 1.62. The lowest BCUT2D eigenvalue weighted by Crippen LogP contribution is -1.92. The van der Waals surface area contributed by atoms with E-state index in [9.17, 15) is 4.79 Å². The minimum atomic E-state index is 0.273. The number of carbonyl (C=O) groups excluding carboxylic acids is 1. The first kappa shape index (κ1) is 8.81. The molecule has 72 valence electrons. The van der Waals surface area contributed by atoms with Crippen molar-refractivity contribution in [3.05, 3.63) is 29.3 Å². The molecule has 1 aliphatic rings. The second kappa shape index (κ2) is 3.54.